The molecule has 186 valence electrons. The van der Waals surface area contributed by atoms with Crippen molar-refractivity contribution in [3.8, 4) is 11.4 Å². The van der Waals surface area contributed by atoms with E-state index < -0.39 is 12.1 Å². The normalized spacial score (nSPS) is 16.8. The molecule has 0 saturated heterocycles. The van der Waals surface area contributed by atoms with Crippen molar-refractivity contribution in [1.29, 1.82) is 0 Å². The van der Waals surface area contributed by atoms with Crippen LogP contribution in [0.25, 0.3) is 22.3 Å². The number of benzene rings is 1. The Bertz CT molecular complexity index is 1380. The molecule has 0 bridgehead atoms. The molecule has 9 heteroatoms. The summed E-state index contributed by atoms with van der Waals surface area (Å²) in [7, 11) is 1.64. The van der Waals surface area contributed by atoms with Crippen LogP contribution >= 0.6 is 12.0 Å². The summed E-state index contributed by atoms with van der Waals surface area (Å²) in [6, 6.07) is 3.13. The second kappa shape index (κ2) is 10.1. The standard InChI is InChI=1S/C22H17FN2O4.C2H6OS.C2H6/c1-9-10-3-2-4-11-13-7-25-17(19(13)24-16(18(10)11)6-15(9)23)5-12-14(21(25)27)8-29-22(28)20(12)26;1-3-4-2;1-2/h5-6,20,26H,2-4,7-8H2,1H3;1-2H3;1-2H3. The monoisotopic (exact) mass is 500 g/mol. The van der Waals surface area contributed by atoms with E-state index in [0.29, 0.717) is 34.6 Å². The lowest BCUT2D eigenvalue weighted by Crippen LogP contribution is -2.32. The molecule has 3 aliphatic rings. The number of halogens is 1. The SMILES string of the molecule is CC.COSC.Cc1c(F)cc2nc3c(c4c2c1CCC4)Cn1c-3cc2c(c1=O)COC(=O)C2O. The fourth-order valence-corrected chi connectivity index (χ4v) is 5.06. The molecule has 6 rings (SSSR count). The van der Waals surface area contributed by atoms with Gasteiger partial charge in [0.1, 0.15) is 12.4 Å². The predicted octanol–water partition coefficient (Wildman–Crippen LogP) is 4.39. The number of nitrogens with zero attached hydrogens (tertiary/aromatic N) is 2. The van der Waals surface area contributed by atoms with Gasteiger partial charge in [-0.25, -0.2) is 14.2 Å². The molecule has 0 fully saturated rings. The van der Waals surface area contributed by atoms with E-state index in [2.05, 4.69) is 4.18 Å². The van der Waals surface area contributed by atoms with Gasteiger partial charge in [-0.15, -0.1) is 0 Å². The first kappa shape index (κ1) is 25.3. The van der Waals surface area contributed by atoms with Crippen LogP contribution < -0.4 is 5.56 Å². The molecule has 35 heavy (non-hydrogen) atoms. The number of hydrogen-bond donors (Lipinski definition) is 1. The summed E-state index contributed by atoms with van der Waals surface area (Å²) in [5.41, 5.74) is 5.86. The highest BCUT2D eigenvalue weighted by atomic mass is 32.2. The fraction of sp³-hybridized carbons (Fsp3) is 0.423. The quantitative estimate of drug-likeness (QED) is 0.306. The Balaban J connectivity index is 0.000000440. The first-order chi connectivity index (χ1) is 16.9. The van der Waals surface area contributed by atoms with Gasteiger partial charge in [-0.1, -0.05) is 13.8 Å². The van der Waals surface area contributed by atoms with Crippen LogP contribution in [0.3, 0.4) is 0 Å². The average molecular weight is 501 g/mol. The van der Waals surface area contributed by atoms with Gasteiger partial charge >= 0.3 is 5.97 Å². The number of fused-ring (bicyclic) bond motifs is 5. The van der Waals surface area contributed by atoms with Gasteiger partial charge in [-0.2, -0.15) is 0 Å². The van der Waals surface area contributed by atoms with Crippen LogP contribution in [-0.4, -0.2) is 34.0 Å². The largest absolute Gasteiger partial charge is 0.458 e. The van der Waals surface area contributed by atoms with Crippen molar-refractivity contribution >= 4 is 28.9 Å². The minimum atomic E-state index is -1.48. The molecule has 4 heterocycles. The van der Waals surface area contributed by atoms with E-state index in [1.807, 2.05) is 20.1 Å². The maximum absolute atomic E-state index is 14.5. The zero-order chi connectivity index (χ0) is 25.4. The zero-order valence-electron chi connectivity index (χ0n) is 20.5. The van der Waals surface area contributed by atoms with E-state index in [1.54, 1.807) is 24.7 Å². The Hall–Kier alpha value is -2.75. The molecule has 0 spiro atoms. The van der Waals surface area contributed by atoms with E-state index in [9.17, 15) is 19.1 Å². The summed E-state index contributed by atoms with van der Waals surface area (Å²) in [5, 5.41) is 11.2. The van der Waals surface area contributed by atoms with Gasteiger partial charge in [0.05, 0.1) is 36.1 Å². The first-order valence-corrected chi connectivity index (χ1v) is 12.8. The smallest absolute Gasteiger partial charge is 0.340 e. The van der Waals surface area contributed by atoms with Crippen molar-refractivity contribution in [1.82, 2.24) is 9.55 Å². The molecule has 2 aliphatic heterocycles. The van der Waals surface area contributed by atoms with E-state index in [-0.39, 0.29) is 23.5 Å². The van der Waals surface area contributed by atoms with Crippen molar-refractivity contribution in [2.75, 3.05) is 13.4 Å². The number of carbonyl (C=O) groups is 1. The van der Waals surface area contributed by atoms with Gasteiger partial charge in [0, 0.05) is 28.8 Å². The molecule has 1 unspecified atom stereocenters. The van der Waals surface area contributed by atoms with E-state index in [1.165, 1.54) is 18.1 Å². The van der Waals surface area contributed by atoms with Gasteiger partial charge < -0.3 is 18.6 Å². The highest BCUT2D eigenvalue weighted by Crippen LogP contribution is 2.41. The number of aryl methyl sites for hydroxylation is 2. The fourth-order valence-electron chi connectivity index (χ4n) is 5.06. The van der Waals surface area contributed by atoms with E-state index in [4.69, 9.17) is 9.72 Å². The number of ether oxygens (including phenoxy) is 1. The molecule has 0 amide bonds. The Kier molecular flexibility index (Phi) is 7.30. The Labute approximate surface area is 207 Å². The minimum absolute atomic E-state index is 0.141. The number of hydrogen-bond acceptors (Lipinski definition) is 7. The lowest BCUT2D eigenvalue weighted by molar-refractivity contribution is -0.157. The van der Waals surface area contributed by atoms with Gasteiger partial charge in [0.25, 0.3) is 5.56 Å². The number of rotatable bonds is 1. The summed E-state index contributed by atoms with van der Waals surface area (Å²) in [4.78, 5) is 29.6. The van der Waals surface area contributed by atoms with Crippen LogP contribution in [0, 0.1) is 12.7 Å². The third kappa shape index (κ3) is 4.05. The number of esters is 1. The second-order valence-corrected chi connectivity index (χ2v) is 8.99. The van der Waals surface area contributed by atoms with Gasteiger partial charge in [0.15, 0.2) is 6.10 Å². The number of pyridine rings is 2. The van der Waals surface area contributed by atoms with E-state index in [0.717, 1.165) is 41.3 Å². The average Bonchev–Trinajstić information content (AvgIpc) is 3.25. The highest BCUT2D eigenvalue weighted by molar-refractivity contribution is 7.93. The van der Waals surface area contributed by atoms with Crippen molar-refractivity contribution in [2.24, 2.45) is 0 Å². The molecule has 0 saturated carbocycles. The molecule has 1 N–H and O–H groups in total. The third-order valence-electron chi connectivity index (χ3n) is 6.71. The zero-order valence-corrected chi connectivity index (χ0v) is 21.3. The number of carbonyl (C=O) groups excluding carboxylic acids is 1. The topological polar surface area (TPSA) is 90.7 Å². The van der Waals surface area contributed by atoms with Gasteiger partial charge in [-0.3, -0.25) is 4.79 Å². The number of cyclic esters (lactones) is 1. The Morgan fingerprint density at radius 3 is 2.54 bits per heavy atom. The summed E-state index contributed by atoms with van der Waals surface area (Å²) < 4.78 is 25.5. The molecule has 0 radical (unpaired) electrons. The number of aliphatic hydroxyl groups excluding tert-OH is 1. The highest BCUT2D eigenvalue weighted by Gasteiger charge is 2.35. The maximum atomic E-state index is 14.5. The van der Waals surface area contributed by atoms with Crippen molar-refractivity contribution in [3.63, 3.8) is 0 Å². The summed E-state index contributed by atoms with van der Waals surface area (Å²) in [6.45, 7) is 6.05. The van der Waals surface area contributed by atoms with Gasteiger partial charge in [0.2, 0.25) is 0 Å². The van der Waals surface area contributed by atoms with Crippen molar-refractivity contribution in [2.45, 2.75) is 59.3 Å². The Morgan fingerprint density at radius 1 is 1.17 bits per heavy atom. The molecule has 7 nitrogen and oxygen atoms in total. The molecular formula is C26H29FN2O5S. The lowest BCUT2D eigenvalue weighted by Gasteiger charge is -2.22. The third-order valence-corrected chi connectivity index (χ3v) is 7.04. The molecule has 1 aromatic carbocycles. The Morgan fingerprint density at radius 2 is 1.86 bits per heavy atom. The molecule has 2 aromatic heterocycles. The summed E-state index contributed by atoms with van der Waals surface area (Å²) >= 11 is 1.36. The van der Waals surface area contributed by atoms with E-state index >= 15 is 0 Å². The molecule has 1 aliphatic carbocycles. The van der Waals surface area contributed by atoms with Crippen LogP contribution in [0.15, 0.2) is 16.9 Å². The molecule has 1 atom stereocenters. The van der Waals surface area contributed by atoms with Crippen LogP contribution in [0.1, 0.15) is 59.8 Å². The van der Waals surface area contributed by atoms with Gasteiger partial charge in [-0.05, 0) is 61.0 Å². The minimum Gasteiger partial charge on any atom is -0.458 e. The van der Waals surface area contributed by atoms with Crippen LogP contribution in [0.5, 0.6) is 0 Å². The maximum Gasteiger partial charge on any atom is 0.340 e. The molecule has 3 aromatic rings. The van der Waals surface area contributed by atoms with Crippen molar-refractivity contribution in [3.05, 3.63) is 61.7 Å². The molecular weight excluding hydrogens is 471 g/mol. The predicted molar refractivity (Wildman–Crippen MR) is 134 cm³/mol. The summed E-state index contributed by atoms with van der Waals surface area (Å²) in [5.74, 6) is -1.03. The number of aliphatic hydroxyl groups is 1. The van der Waals surface area contributed by atoms with Crippen LogP contribution in [0.4, 0.5) is 4.39 Å². The first-order valence-electron chi connectivity index (χ1n) is 11.7. The van der Waals surface area contributed by atoms with Crippen LogP contribution in [-0.2, 0) is 39.7 Å². The van der Waals surface area contributed by atoms with Crippen molar-refractivity contribution < 1.29 is 23.2 Å². The van der Waals surface area contributed by atoms with Crippen LogP contribution in [0.2, 0.25) is 0 Å². The second-order valence-electron chi connectivity index (χ2n) is 8.33. The summed E-state index contributed by atoms with van der Waals surface area (Å²) in [6.07, 6.45) is 2.99. The number of aromatic nitrogens is 2. The lowest BCUT2D eigenvalue weighted by atomic mass is 9.85.